The van der Waals surface area contributed by atoms with Gasteiger partial charge < -0.3 is 9.31 Å². The Morgan fingerprint density at radius 1 is 1.00 bits per heavy atom. The van der Waals surface area contributed by atoms with Gasteiger partial charge in [0.2, 0.25) is 0 Å². The van der Waals surface area contributed by atoms with Crippen LogP contribution >= 0.6 is 0 Å². The monoisotopic (exact) mass is 233 g/mol. The van der Waals surface area contributed by atoms with E-state index in [1.54, 1.807) is 0 Å². The molecule has 3 nitrogen and oxygen atoms in total. The van der Waals surface area contributed by atoms with Gasteiger partial charge in [-0.3, -0.25) is 4.98 Å². The fourth-order valence-electron chi connectivity index (χ4n) is 1.75. The maximum absolute atomic E-state index is 5.96. The minimum absolute atomic E-state index is 0.307. The number of hydrogen-bond donors (Lipinski definition) is 0. The van der Waals surface area contributed by atoms with Crippen molar-refractivity contribution in [2.45, 2.75) is 52.7 Å². The second kappa shape index (κ2) is 3.82. The molecule has 0 spiro atoms. The lowest BCUT2D eigenvalue weighted by atomic mass is 9.84. The van der Waals surface area contributed by atoms with E-state index in [2.05, 4.69) is 18.0 Å². The van der Waals surface area contributed by atoms with Crippen molar-refractivity contribution in [1.29, 1.82) is 0 Å². The topological polar surface area (TPSA) is 31.4 Å². The summed E-state index contributed by atoms with van der Waals surface area (Å²) in [4.78, 5) is 4.54. The quantitative estimate of drug-likeness (QED) is 0.695. The molecule has 4 heteroatoms. The van der Waals surface area contributed by atoms with Crippen molar-refractivity contribution in [2.24, 2.45) is 0 Å². The number of aryl methyl sites for hydroxylation is 2. The molecule has 1 aliphatic heterocycles. The highest BCUT2D eigenvalue weighted by atomic mass is 16.7. The van der Waals surface area contributed by atoms with E-state index in [1.165, 1.54) is 5.56 Å². The first-order chi connectivity index (χ1) is 7.73. The summed E-state index contributed by atoms with van der Waals surface area (Å²) in [5.74, 6) is 0. The molecule has 0 saturated carbocycles. The van der Waals surface area contributed by atoms with Crippen molar-refractivity contribution < 1.29 is 9.31 Å². The second-order valence-corrected chi connectivity index (χ2v) is 5.73. The van der Waals surface area contributed by atoms with Gasteiger partial charge in [-0.25, -0.2) is 0 Å². The molecular weight excluding hydrogens is 213 g/mol. The molecule has 0 bridgehead atoms. The van der Waals surface area contributed by atoms with Crippen LogP contribution in [0.25, 0.3) is 0 Å². The molecule has 0 aromatic carbocycles. The molecular formula is C13H20BNO2. The fraction of sp³-hybridized carbons (Fsp3) is 0.615. The van der Waals surface area contributed by atoms with Gasteiger partial charge in [0.05, 0.1) is 16.8 Å². The average molecular weight is 233 g/mol. The Morgan fingerprint density at radius 2 is 1.53 bits per heavy atom. The van der Waals surface area contributed by atoms with Crippen LogP contribution in [0.15, 0.2) is 12.1 Å². The summed E-state index contributed by atoms with van der Waals surface area (Å²) in [5, 5.41) is 0. The van der Waals surface area contributed by atoms with Crippen LogP contribution in [0.2, 0.25) is 0 Å². The lowest BCUT2D eigenvalue weighted by Gasteiger charge is -2.32. The van der Waals surface area contributed by atoms with Crippen molar-refractivity contribution in [3.8, 4) is 0 Å². The van der Waals surface area contributed by atoms with Gasteiger partial charge in [0.25, 0.3) is 0 Å². The Morgan fingerprint density at radius 3 is 2.00 bits per heavy atom. The van der Waals surface area contributed by atoms with Crippen molar-refractivity contribution in [1.82, 2.24) is 4.98 Å². The average Bonchev–Trinajstić information content (AvgIpc) is 2.41. The number of hydrogen-bond acceptors (Lipinski definition) is 3. The Balaban J connectivity index is 2.29. The molecule has 1 saturated heterocycles. The van der Waals surface area contributed by atoms with Gasteiger partial charge in [0.1, 0.15) is 0 Å². The van der Waals surface area contributed by atoms with Crippen LogP contribution in [0.5, 0.6) is 0 Å². The summed E-state index contributed by atoms with van der Waals surface area (Å²) in [6, 6.07) is 4.03. The summed E-state index contributed by atoms with van der Waals surface area (Å²) in [7, 11) is -0.362. The molecule has 0 aliphatic carbocycles. The summed E-state index contributed by atoms with van der Waals surface area (Å²) < 4.78 is 11.9. The molecule has 1 fully saturated rings. The van der Waals surface area contributed by atoms with Crippen molar-refractivity contribution in [2.75, 3.05) is 0 Å². The lowest BCUT2D eigenvalue weighted by Crippen LogP contribution is -2.41. The van der Waals surface area contributed by atoms with E-state index in [0.717, 1.165) is 11.3 Å². The molecule has 0 radical (unpaired) electrons. The van der Waals surface area contributed by atoms with Crippen LogP contribution < -0.4 is 5.59 Å². The Labute approximate surface area is 104 Å². The molecule has 92 valence electrons. The summed E-state index contributed by atoms with van der Waals surface area (Å²) in [5.41, 5.74) is 2.45. The van der Waals surface area contributed by atoms with Gasteiger partial charge in [-0.2, -0.15) is 0 Å². The van der Waals surface area contributed by atoms with E-state index in [-0.39, 0.29) is 18.3 Å². The predicted octanol–water partition coefficient (Wildman–Crippen LogP) is 2.00. The van der Waals surface area contributed by atoms with E-state index < -0.39 is 0 Å². The second-order valence-electron chi connectivity index (χ2n) is 5.73. The highest BCUT2D eigenvalue weighted by Crippen LogP contribution is 2.36. The maximum atomic E-state index is 5.96. The van der Waals surface area contributed by atoms with Gasteiger partial charge in [-0.1, -0.05) is 6.07 Å². The van der Waals surface area contributed by atoms with E-state index in [9.17, 15) is 0 Å². The van der Waals surface area contributed by atoms with E-state index >= 15 is 0 Å². The Bertz CT molecular complexity index is 427. The first-order valence-electron chi connectivity index (χ1n) is 6.03. The number of rotatable bonds is 1. The summed E-state index contributed by atoms with van der Waals surface area (Å²) in [6.45, 7) is 12.3. The van der Waals surface area contributed by atoms with Crippen LogP contribution in [-0.4, -0.2) is 23.3 Å². The molecule has 1 aliphatic rings. The van der Waals surface area contributed by atoms with Crippen LogP contribution in [0.4, 0.5) is 0 Å². The fourth-order valence-corrected chi connectivity index (χ4v) is 1.75. The van der Waals surface area contributed by atoms with Gasteiger partial charge in [-0.15, -0.1) is 0 Å². The highest BCUT2D eigenvalue weighted by molar-refractivity contribution is 6.61. The van der Waals surface area contributed by atoms with Crippen molar-refractivity contribution in [3.05, 3.63) is 23.4 Å². The molecule has 0 amide bonds. The lowest BCUT2D eigenvalue weighted by molar-refractivity contribution is 0.00578. The first-order valence-corrected chi connectivity index (χ1v) is 6.03. The molecule has 2 heterocycles. The smallest absolute Gasteiger partial charge is 0.398 e. The largest absolute Gasteiger partial charge is 0.514 e. The van der Waals surface area contributed by atoms with E-state index in [1.807, 2.05) is 40.7 Å². The molecule has 1 aromatic rings. The predicted molar refractivity (Wildman–Crippen MR) is 69.4 cm³/mol. The Hall–Kier alpha value is -0.865. The van der Waals surface area contributed by atoms with Gasteiger partial charge in [0, 0.05) is 5.69 Å². The minimum atomic E-state index is -0.362. The van der Waals surface area contributed by atoms with Crippen molar-refractivity contribution in [3.63, 3.8) is 0 Å². The van der Waals surface area contributed by atoms with E-state index in [0.29, 0.717) is 0 Å². The Kier molecular flexibility index (Phi) is 2.83. The van der Waals surface area contributed by atoms with Crippen LogP contribution in [0.3, 0.4) is 0 Å². The van der Waals surface area contributed by atoms with Crippen LogP contribution in [0.1, 0.15) is 39.0 Å². The minimum Gasteiger partial charge on any atom is -0.398 e. The van der Waals surface area contributed by atoms with Gasteiger partial charge in [0.15, 0.2) is 0 Å². The molecule has 1 aromatic heterocycles. The summed E-state index contributed by atoms with van der Waals surface area (Å²) in [6.07, 6.45) is 0. The van der Waals surface area contributed by atoms with Crippen LogP contribution in [-0.2, 0) is 9.31 Å². The first kappa shape index (κ1) is 12.6. The third kappa shape index (κ3) is 2.12. The van der Waals surface area contributed by atoms with Crippen molar-refractivity contribution >= 4 is 12.7 Å². The van der Waals surface area contributed by atoms with Gasteiger partial charge >= 0.3 is 7.12 Å². The molecule has 0 N–H and O–H groups in total. The number of aromatic nitrogens is 1. The molecule has 0 unspecified atom stereocenters. The normalized spacial score (nSPS) is 21.9. The molecule has 2 rings (SSSR count). The molecule has 0 atom stereocenters. The zero-order valence-electron chi connectivity index (χ0n) is 11.5. The van der Waals surface area contributed by atoms with E-state index in [4.69, 9.17) is 9.31 Å². The number of pyridine rings is 1. The molecule has 17 heavy (non-hydrogen) atoms. The third-order valence-corrected chi connectivity index (χ3v) is 3.87. The zero-order valence-corrected chi connectivity index (χ0v) is 11.5. The van der Waals surface area contributed by atoms with Crippen LogP contribution in [0, 0.1) is 13.8 Å². The highest BCUT2D eigenvalue weighted by Gasteiger charge is 2.52. The van der Waals surface area contributed by atoms with Gasteiger partial charge in [-0.05, 0) is 53.2 Å². The maximum Gasteiger partial charge on any atom is 0.514 e. The SMILES string of the molecule is Cc1ccc(B2OC(C)(C)C(C)(C)O2)nc1C. The number of nitrogens with zero attached hydrogens (tertiary/aromatic N) is 1. The standard InChI is InChI=1S/C13H20BNO2/c1-9-7-8-11(15-10(9)2)14-16-12(3,4)13(5,6)17-14/h7-8H,1-6H3. The summed E-state index contributed by atoms with van der Waals surface area (Å²) >= 11 is 0. The third-order valence-electron chi connectivity index (χ3n) is 3.87. The zero-order chi connectivity index (χ0) is 12.8.